The van der Waals surface area contributed by atoms with Crippen LogP contribution in [0.25, 0.3) is 0 Å². The molecular formula is C24H27N3O4S. The van der Waals surface area contributed by atoms with Crippen LogP contribution >= 0.6 is 11.3 Å². The largest absolute Gasteiger partial charge is 0.454 e. The summed E-state index contributed by atoms with van der Waals surface area (Å²) in [5.74, 6) is 0.349. The van der Waals surface area contributed by atoms with Crippen LogP contribution in [-0.4, -0.2) is 35.6 Å². The van der Waals surface area contributed by atoms with E-state index < -0.39 is 0 Å². The van der Waals surface area contributed by atoms with Gasteiger partial charge in [0.05, 0.1) is 12.6 Å². The Balaban J connectivity index is 1.51. The van der Waals surface area contributed by atoms with Crippen molar-refractivity contribution in [2.45, 2.75) is 46.3 Å². The molecule has 0 aliphatic carbocycles. The van der Waals surface area contributed by atoms with Gasteiger partial charge in [-0.1, -0.05) is 17.7 Å². The van der Waals surface area contributed by atoms with E-state index in [1.165, 1.54) is 11.3 Å². The molecule has 0 bridgehead atoms. The molecular weight excluding hydrogens is 426 g/mol. The van der Waals surface area contributed by atoms with Crippen molar-refractivity contribution in [3.05, 3.63) is 74.4 Å². The second kappa shape index (κ2) is 9.67. The van der Waals surface area contributed by atoms with E-state index in [1.807, 2.05) is 43.5 Å². The smallest absolute Gasteiger partial charge is 0.287 e. The Bertz CT molecular complexity index is 1200. The summed E-state index contributed by atoms with van der Waals surface area (Å²) in [6, 6.07) is 10.9. The molecule has 8 heteroatoms. The van der Waals surface area contributed by atoms with E-state index in [1.54, 1.807) is 18.2 Å². The second-order valence-electron chi connectivity index (χ2n) is 8.01. The monoisotopic (exact) mass is 453 g/mol. The molecule has 1 fully saturated rings. The number of rotatable bonds is 6. The van der Waals surface area contributed by atoms with Crippen molar-refractivity contribution in [3.8, 4) is 0 Å². The van der Waals surface area contributed by atoms with Gasteiger partial charge in [-0.15, -0.1) is 11.3 Å². The van der Waals surface area contributed by atoms with Gasteiger partial charge in [-0.3, -0.25) is 9.59 Å². The first-order valence-electron chi connectivity index (χ1n) is 10.7. The van der Waals surface area contributed by atoms with Crippen LogP contribution in [0, 0.1) is 20.8 Å². The fourth-order valence-corrected chi connectivity index (χ4v) is 4.61. The van der Waals surface area contributed by atoms with E-state index in [-0.39, 0.29) is 23.7 Å². The molecule has 1 atom stereocenters. The van der Waals surface area contributed by atoms with Gasteiger partial charge in [-0.2, -0.15) is 4.99 Å². The maximum Gasteiger partial charge on any atom is 0.287 e. The van der Waals surface area contributed by atoms with Crippen molar-refractivity contribution in [3.63, 3.8) is 0 Å². The normalized spacial score (nSPS) is 16.5. The third-order valence-electron chi connectivity index (χ3n) is 5.57. The van der Waals surface area contributed by atoms with Gasteiger partial charge in [0.25, 0.3) is 11.8 Å². The third kappa shape index (κ3) is 5.08. The highest BCUT2D eigenvalue weighted by atomic mass is 32.1. The van der Waals surface area contributed by atoms with Crippen molar-refractivity contribution in [2.75, 3.05) is 13.2 Å². The molecule has 0 radical (unpaired) electrons. The minimum Gasteiger partial charge on any atom is -0.454 e. The van der Waals surface area contributed by atoms with E-state index in [4.69, 9.17) is 9.15 Å². The van der Waals surface area contributed by atoms with Crippen molar-refractivity contribution >= 4 is 23.2 Å². The fraction of sp³-hybridized carbons (Fsp3) is 0.375. The predicted octanol–water partition coefficient (Wildman–Crippen LogP) is 3.77. The van der Waals surface area contributed by atoms with Crippen molar-refractivity contribution < 1.29 is 18.7 Å². The molecule has 1 N–H and O–H groups in total. The highest BCUT2D eigenvalue weighted by molar-refractivity contribution is 7.09. The lowest BCUT2D eigenvalue weighted by Crippen LogP contribution is -2.31. The summed E-state index contributed by atoms with van der Waals surface area (Å²) in [5, 5.41) is 2.87. The number of thiazole rings is 1. The first kappa shape index (κ1) is 22.2. The Morgan fingerprint density at radius 2 is 2.06 bits per heavy atom. The Labute approximate surface area is 190 Å². The van der Waals surface area contributed by atoms with Gasteiger partial charge in [0, 0.05) is 29.3 Å². The van der Waals surface area contributed by atoms with Gasteiger partial charge >= 0.3 is 0 Å². The molecule has 1 aliphatic rings. The molecule has 168 valence electrons. The summed E-state index contributed by atoms with van der Waals surface area (Å²) in [7, 11) is 0. The van der Waals surface area contributed by atoms with Crippen LogP contribution in [0.2, 0.25) is 0 Å². The number of aromatic nitrogens is 1. The van der Waals surface area contributed by atoms with Gasteiger partial charge in [0.2, 0.25) is 0 Å². The van der Waals surface area contributed by atoms with E-state index in [9.17, 15) is 9.59 Å². The minimum absolute atomic E-state index is 0.0791. The number of benzene rings is 1. The molecule has 0 spiro atoms. The summed E-state index contributed by atoms with van der Waals surface area (Å²) in [4.78, 5) is 31.2. The molecule has 3 heterocycles. The number of carbonyl (C=O) groups excluding carboxylic acids is 2. The average Bonchev–Trinajstić information content (AvgIpc) is 3.51. The quantitative estimate of drug-likeness (QED) is 0.616. The number of carbonyl (C=O) groups is 2. The van der Waals surface area contributed by atoms with Gasteiger partial charge in [-0.25, -0.2) is 0 Å². The zero-order chi connectivity index (χ0) is 22.7. The van der Waals surface area contributed by atoms with Crippen LogP contribution < -0.4 is 10.1 Å². The molecule has 1 aliphatic heterocycles. The molecule has 32 heavy (non-hydrogen) atoms. The zero-order valence-electron chi connectivity index (χ0n) is 18.5. The molecule has 1 aromatic carbocycles. The molecule has 1 saturated heterocycles. The minimum atomic E-state index is -0.280. The number of nitrogens with zero attached hydrogens (tertiary/aromatic N) is 2. The second-order valence-corrected chi connectivity index (χ2v) is 9.19. The number of aryl methyl sites for hydroxylation is 2. The number of hydrogen-bond donors (Lipinski definition) is 1. The van der Waals surface area contributed by atoms with Crippen LogP contribution in [0.1, 0.15) is 55.6 Å². The van der Waals surface area contributed by atoms with E-state index >= 15 is 0 Å². The third-order valence-corrected chi connectivity index (χ3v) is 6.66. The maximum absolute atomic E-state index is 12.7. The predicted molar refractivity (Wildman–Crippen MR) is 122 cm³/mol. The molecule has 4 rings (SSSR count). The van der Waals surface area contributed by atoms with Crippen LogP contribution in [0.3, 0.4) is 0 Å². The lowest BCUT2D eigenvalue weighted by molar-refractivity contribution is 0.0833. The number of furan rings is 1. The van der Waals surface area contributed by atoms with E-state index in [0.29, 0.717) is 29.2 Å². The standard InChI is InChI=1S/C24H27N3O4S/c1-15-6-4-7-18(12-15)22(28)26-24-27(16(2)17(3)32-24)14-20-9-10-21(31-20)23(29)25-13-19-8-5-11-30-19/h4,6-7,9-10,12,19H,5,8,11,13-14H2,1-3H3,(H,25,29)/t19-/m1/s1. The van der Waals surface area contributed by atoms with Gasteiger partial charge in [0.15, 0.2) is 10.6 Å². The highest BCUT2D eigenvalue weighted by Gasteiger charge is 2.19. The van der Waals surface area contributed by atoms with Crippen LogP contribution in [0.15, 0.2) is 45.8 Å². The van der Waals surface area contributed by atoms with Gasteiger partial charge in [-0.05, 0) is 57.9 Å². The summed E-state index contributed by atoms with van der Waals surface area (Å²) in [6.07, 6.45) is 2.07. The van der Waals surface area contributed by atoms with E-state index in [0.717, 1.165) is 35.6 Å². The van der Waals surface area contributed by atoms with Gasteiger partial charge in [0.1, 0.15) is 5.76 Å². The van der Waals surface area contributed by atoms with Crippen molar-refractivity contribution in [1.29, 1.82) is 0 Å². The molecule has 7 nitrogen and oxygen atoms in total. The molecule has 3 aromatic rings. The Morgan fingerprint density at radius 3 is 2.81 bits per heavy atom. The Morgan fingerprint density at radius 1 is 1.22 bits per heavy atom. The lowest BCUT2D eigenvalue weighted by atomic mass is 10.1. The summed E-state index contributed by atoms with van der Waals surface area (Å²) in [5.41, 5.74) is 2.58. The molecule has 2 aromatic heterocycles. The Hall–Kier alpha value is -2.97. The zero-order valence-corrected chi connectivity index (χ0v) is 19.3. The molecule has 0 saturated carbocycles. The topological polar surface area (TPSA) is 85.8 Å². The highest BCUT2D eigenvalue weighted by Crippen LogP contribution is 2.16. The fourth-order valence-electron chi connectivity index (χ4n) is 3.64. The van der Waals surface area contributed by atoms with Crippen molar-refractivity contribution in [2.24, 2.45) is 4.99 Å². The van der Waals surface area contributed by atoms with Gasteiger partial charge < -0.3 is 19.0 Å². The first-order chi connectivity index (χ1) is 15.4. The Kier molecular flexibility index (Phi) is 6.72. The number of nitrogens with one attached hydrogen (secondary N) is 1. The summed E-state index contributed by atoms with van der Waals surface area (Å²) >= 11 is 1.46. The number of amides is 2. The lowest BCUT2D eigenvalue weighted by Gasteiger charge is -2.09. The summed E-state index contributed by atoms with van der Waals surface area (Å²) < 4.78 is 13.3. The maximum atomic E-state index is 12.7. The number of ether oxygens (including phenoxy) is 1. The van der Waals surface area contributed by atoms with E-state index in [2.05, 4.69) is 10.3 Å². The van der Waals surface area contributed by atoms with Crippen LogP contribution in [-0.2, 0) is 11.3 Å². The average molecular weight is 454 g/mol. The SMILES string of the molecule is Cc1cccc(C(=O)N=c2sc(C)c(C)n2Cc2ccc(C(=O)NC[C@H]3CCCO3)o2)c1. The summed E-state index contributed by atoms with van der Waals surface area (Å²) in [6.45, 7) is 7.55. The molecule has 2 amide bonds. The number of hydrogen-bond acceptors (Lipinski definition) is 5. The van der Waals surface area contributed by atoms with Crippen molar-refractivity contribution in [1.82, 2.24) is 9.88 Å². The molecule has 0 unspecified atom stereocenters. The first-order valence-corrected chi connectivity index (χ1v) is 11.5. The van der Waals surface area contributed by atoms with Crippen LogP contribution in [0.5, 0.6) is 0 Å². The van der Waals surface area contributed by atoms with Crippen LogP contribution in [0.4, 0.5) is 0 Å².